The normalized spacial score (nSPS) is 17.9. The van der Waals surface area contributed by atoms with E-state index in [9.17, 15) is 17.6 Å². The predicted octanol–water partition coefficient (Wildman–Crippen LogP) is 2.43. The Morgan fingerprint density at radius 2 is 1.93 bits per heavy atom. The number of aromatic nitrogens is 2. The Labute approximate surface area is 174 Å². The smallest absolute Gasteiger partial charge is 0.243 e. The summed E-state index contributed by atoms with van der Waals surface area (Å²) >= 11 is 0. The van der Waals surface area contributed by atoms with Crippen LogP contribution in [-0.4, -0.2) is 41.3 Å². The molecule has 3 aromatic rings. The number of rotatable bonds is 5. The first-order chi connectivity index (χ1) is 14.4. The Balaban J connectivity index is 1.43. The highest BCUT2D eigenvalue weighted by atomic mass is 32.2. The van der Waals surface area contributed by atoms with Crippen molar-refractivity contribution in [3.63, 3.8) is 0 Å². The van der Waals surface area contributed by atoms with Gasteiger partial charge < -0.3 is 9.88 Å². The quantitative estimate of drug-likeness (QED) is 0.674. The van der Waals surface area contributed by atoms with Crippen LogP contribution in [0.5, 0.6) is 0 Å². The average molecular weight is 431 g/mol. The van der Waals surface area contributed by atoms with Crippen molar-refractivity contribution in [2.24, 2.45) is 13.0 Å². The zero-order chi connectivity index (χ0) is 21.3. The molecule has 1 saturated heterocycles. The van der Waals surface area contributed by atoms with E-state index in [-0.39, 0.29) is 23.9 Å². The van der Waals surface area contributed by atoms with E-state index in [4.69, 9.17) is 0 Å². The molecule has 158 valence electrons. The van der Waals surface area contributed by atoms with Gasteiger partial charge in [0.25, 0.3) is 0 Å². The van der Waals surface area contributed by atoms with E-state index in [0.29, 0.717) is 19.4 Å². The van der Waals surface area contributed by atoms with Crippen molar-refractivity contribution in [2.75, 3.05) is 13.1 Å². The zero-order valence-corrected chi connectivity index (χ0v) is 17.4. The zero-order valence-electron chi connectivity index (χ0n) is 16.6. The molecule has 0 saturated carbocycles. The van der Waals surface area contributed by atoms with Gasteiger partial charge in [-0.1, -0.05) is 12.1 Å². The van der Waals surface area contributed by atoms with Crippen LogP contribution in [0.25, 0.3) is 11.0 Å². The molecule has 0 aliphatic carbocycles. The summed E-state index contributed by atoms with van der Waals surface area (Å²) in [6, 6.07) is 12.5. The third kappa shape index (κ3) is 3.95. The number of amides is 1. The van der Waals surface area contributed by atoms with Crippen LogP contribution in [-0.2, 0) is 28.4 Å². The highest BCUT2D eigenvalue weighted by Gasteiger charge is 2.33. The van der Waals surface area contributed by atoms with Gasteiger partial charge >= 0.3 is 0 Å². The summed E-state index contributed by atoms with van der Waals surface area (Å²) in [4.78, 5) is 17.3. The fraction of sp³-hybridized carbons (Fsp3) is 0.333. The standard InChI is InChI=1S/C21H23FN4O3S/c1-25-19-7-3-2-6-18(19)24-20(25)13-23-21(27)15-5-4-12-26(14-15)30(28,29)17-10-8-16(22)9-11-17/h2-3,6-11,15H,4-5,12-14H2,1H3,(H,23,27). The lowest BCUT2D eigenvalue weighted by atomic mass is 9.99. The second-order valence-electron chi connectivity index (χ2n) is 7.45. The van der Waals surface area contributed by atoms with Gasteiger partial charge in [0.1, 0.15) is 11.6 Å². The van der Waals surface area contributed by atoms with Crippen molar-refractivity contribution in [3.8, 4) is 0 Å². The number of carbonyl (C=O) groups is 1. The second kappa shape index (κ2) is 8.16. The van der Waals surface area contributed by atoms with E-state index in [2.05, 4.69) is 10.3 Å². The number of carbonyl (C=O) groups excluding carboxylic acids is 1. The van der Waals surface area contributed by atoms with Crippen molar-refractivity contribution in [1.29, 1.82) is 0 Å². The maximum atomic E-state index is 13.1. The fourth-order valence-corrected chi connectivity index (χ4v) is 5.32. The SMILES string of the molecule is Cn1c(CNC(=O)C2CCCN(S(=O)(=O)c3ccc(F)cc3)C2)nc2ccccc21. The Morgan fingerprint density at radius 3 is 2.67 bits per heavy atom. The van der Waals surface area contributed by atoms with Gasteiger partial charge in [-0.15, -0.1) is 0 Å². The number of para-hydroxylation sites is 2. The molecule has 0 radical (unpaired) electrons. The molecular weight excluding hydrogens is 407 g/mol. The van der Waals surface area contributed by atoms with Gasteiger partial charge in [-0.3, -0.25) is 4.79 Å². The number of nitrogens with one attached hydrogen (secondary N) is 1. The Hall–Kier alpha value is -2.78. The molecule has 1 amide bonds. The summed E-state index contributed by atoms with van der Waals surface area (Å²) in [5, 5.41) is 2.90. The average Bonchev–Trinajstić information content (AvgIpc) is 3.08. The Kier molecular flexibility index (Phi) is 5.57. The molecule has 4 rings (SSSR count). The summed E-state index contributed by atoms with van der Waals surface area (Å²) < 4.78 is 42.1. The molecule has 1 aliphatic heterocycles. The molecule has 1 aliphatic rings. The van der Waals surface area contributed by atoms with E-state index < -0.39 is 21.8 Å². The number of benzene rings is 2. The van der Waals surface area contributed by atoms with E-state index in [0.717, 1.165) is 29.0 Å². The molecular formula is C21H23FN4O3S. The van der Waals surface area contributed by atoms with Crippen molar-refractivity contribution >= 4 is 27.0 Å². The van der Waals surface area contributed by atoms with Gasteiger partial charge in [0.05, 0.1) is 28.4 Å². The Morgan fingerprint density at radius 1 is 1.20 bits per heavy atom. The van der Waals surface area contributed by atoms with Crippen molar-refractivity contribution < 1.29 is 17.6 Å². The second-order valence-corrected chi connectivity index (χ2v) is 9.39. The van der Waals surface area contributed by atoms with E-state index >= 15 is 0 Å². The first-order valence-electron chi connectivity index (χ1n) is 9.80. The van der Waals surface area contributed by atoms with Crippen molar-refractivity contribution in [2.45, 2.75) is 24.3 Å². The van der Waals surface area contributed by atoms with Gasteiger partial charge in [0.15, 0.2) is 0 Å². The van der Waals surface area contributed by atoms with Crippen LogP contribution in [0.3, 0.4) is 0 Å². The molecule has 0 bridgehead atoms. The summed E-state index contributed by atoms with van der Waals surface area (Å²) in [5.41, 5.74) is 1.84. The van der Waals surface area contributed by atoms with Crippen molar-refractivity contribution in [1.82, 2.24) is 19.2 Å². The van der Waals surface area contributed by atoms with Crippen LogP contribution in [0.2, 0.25) is 0 Å². The molecule has 1 atom stereocenters. The molecule has 7 nitrogen and oxygen atoms in total. The highest BCUT2D eigenvalue weighted by molar-refractivity contribution is 7.89. The number of sulfonamides is 1. The minimum atomic E-state index is -3.77. The van der Waals surface area contributed by atoms with Crippen molar-refractivity contribution in [3.05, 3.63) is 60.2 Å². The third-order valence-corrected chi connectivity index (χ3v) is 7.39. The molecule has 30 heavy (non-hydrogen) atoms. The number of hydrogen-bond acceptors (Lipinski definition) is 4. The lowest BCUT2D eigenvalue weighted by Crippen LogP contribution is -2.45. The van der Waals surface area contributed by atoms with Gasteiger partial charge in [-0.05, 0) is 49.2 Å². The molecule has 2 aromatic carbocycles. The largest absolute Gasteiger partial charge is 0.349 e. The number of aryl methyl sites for hydroxylation is 1. The molecule has 1 aromatic heterocycles. The number of halogens is 1. The molecule has 9 heteroatoms. The lowest BCUT2D eigenvalue weighted by molar-refractivity contribution is -0.126. The molecule has 1 N–H and O–H groups in total. The number of piperidine rings is 1. The van der Waals surface area contributed by atoms with Crippen LogP contribution in [0.4, 0.5) is 4.39 Å². The number of imidazole rings is 1. The van der Waals surface area contributed by atoms with E-state index in [1.165, 1.54) is 16.4 Å². The fourth-order valence-electron chi connectivity index (χ4n) is 3.79. The Bertz CT molecular complexity index is 1170. The van der Waals surface area contributed by atoms with Crippen LogP contribution >= 0.6 is 0 Å². The molecule has 0 spiro atoms. The van der Waals surface area contributed by atoms with Gasteiger partial charge in [0.2, 0.25) is 15.9 Å². The minimum Gasteiger partial charge on any atom is -0.349 e. The summed E-state index contributed by atoms with van der Waals surface area (Å²) in [7, 11) is -1.87. The topological polar surface area (TPSA) is 84.3 Å². The van der Waals surface area contributed by atoms with Crippen LogP contribution in [0.1, 0.15) is 18.7 Å². The van der Waals surface area contributed by atoms with Crippen LogP contribution < -0.4 is 5.32 Å². The number of fused-ring (bicyclic) bond motifs is 1. The predicted molar refractivity (Wildman–Crippen MR) is 110 cm³/mol. The summed E-state index contributed by atoms with van der Waals surface area (Å²) in [5.74, 6) is -0.396. The molecule has 2 heterocycles. The minimum absolute atomic E-state index is 0.0321. The molecule has 1 unspecified atom stereocenters. The van der Waals surface area contributed by atoms with E-state index in [1.54, 1.807) is 0 Å². The van der Waals surface area contributed by atoms with Crippen LogP contribution in [0.15, 0.2) is 53.4 Å². The number of nitrogens with zero attached hydrogens (tertiary/aromatic N) is 3. The summed E-state index contributed by atoms with van der Waals surface area (Å²) in [6.45, 7) is 0.716. The number of hydrogen-bond donors (Lipinski definition) is 1. The molecule has 1 fully saturated rings. The first-order valence-corrected chi connectivity index (χ1v) is 11.2. The summed E-state index contributed by atoms with van der Waals surface area (Å²) in [6.07, 6.45) is 1.20. The monoisotopic (exact) mass is 430 g/mol. The third-order valence-electron chi connectivity index (χ3n) is 5.51. The van der Waals surface area contributed by atoms with Gasteiger partial charge in [0, 0.05) is 20.1 Å². The van der Waals surface area contributed by atoms with Gasteiger partial charge in [-0.2, -0.15) is 4.31 Å². The maximum absolute atomic E-state index is 13.1. The lowest BCUT2D eigenvalue weighted by Gasteiger charge is -2.31. The van der Waals surface area contributed by atoms with Crippen LogP contribution in [0, 0.1) is 11.7 Å². The maximum Gasteiger partial charge on any atom is 0.243 e. The van der Waals surface area contributed by atoms with Gasteiger partial charge in [-0.25, -0.2) is 17.8 Å². The highest BCUT2D eigenvalue weighted by Crippen LogP contribution is 2.24. The van der Waals surface area contributed by atoms with E-state index in [1.807, 2.05) is 35.9 Å². The first kappa shape index (κ1) is 20.5.